The van der Waals surface area contributed by atoms with Crippen LogP contribution in [0.25, 0.3) is 33.4 Å². The molecule has 4 aromatic rings. The predicted octanol–water partition coefficient (Wildman–Crippen LogP) is 7.17. The average molecular weight is 443 g/mol. The van der Waals surface area contributed by atoms with E-state index >= 15 is 0 Å². The van der Waals surface area contributed by atoms with Crippen LogP contribution in [0.3, 0.4) is 0 Å². The minimum atomic E-state index is -4.54. The van der Waals surface area contributed by atoms with Crippen molar-refractivity contribution in [3.05, 3.63) is 101 Å². The lowest BCUT2D eigenvalue weighted by molar-refractivity contribution is 0.484. The van der Waals surface area contributed by atoms with E-state index in [0.29, 0.717) is 11.1 Å². The summed E-state index contributed by atoms with van der Waals surface area (Å²) in [4.78, 5) is -0.0603. The first-order valence-electron chi connectivity index (χ1n) is 10.5. The molecule has 1 N–H and O–H groups in total. The second-order valence-corrected chi connectivity index (χ2v) is 9.66. The van der Waals surface area contributed by atoms with Gasteiger partial charge in [0, 0.05) is 11.1 Å². The Balaban J connectivity index is 2.25. The Morgan fingerprint density at radius 3 is 1.56 bits per heavy atom. The van der Waals surface area contributed by atoms with Crippen molar-refractivity contribution in [2.24, 2.45) is 0 Å². The van der Waals surface area contributed by atoms with Crippen molar-refractivity contribution in [3.8, 4) is 33.4 Å². The molecule has 0 amide bonds. The normalized spacial score (nSPS) is 11.5. The Morgan fingerprint density at radius 2 is 1.06 bits per heavy atom. The fourth-order valence-electron chi connectivity index (χ4n) is 4.68. The summed E-state index contributed by atoms with van der Waals surface area (Å²) in [6.45, 7) is 8.14. The molecule has 0 heterocycles. The Kier molecular flexibility index (Phi) is 5.76. The molecule has 0 aliphatic heterocycles. The topological polar surface area (TPSA) is 54.4 Å². The number of hydrogen-bond donors (Lipinski definition) is 1. The molecular weight excluding hydrogens is 416 g/mol. The second kappa shape index (κ2) is 8.38. The third-order valence-corrected chi connectivity index (χ3v) is 6.75. The first-order valence-corrected chi connectivity index (χ1v) is 12.0. The molecule has 0 saturated carbocycles. The van der Waals surface area contributed by atoms with Crippen LogP contribution in [-0.4, -0.2) is 13.0 Å². The van der Waals surface area contributed by atoms with Crippen molar-refractivity contribution in [1.29, 1.82) is 0 Å². The molecular formula is C28H26O3S. The van der Waals surface area contributed by atoms with E-state index in [9.17, 15) is 13.0 Å². The van der Waals surface area contributed by atoms with Crippen molar-refractivity contribution in [3.63, 3.8) is 0 Å². The highest BCUT2D eigenvalue weighted by Crippen LogP contribution is 2.46. The minimum Gasteiger partial charge on any atom is -0.282 e. The van der Waals surface area contributed by atoms with Gasteiger partial charge in [-0.2, -0.15) is 8.42 Å². The van der Waals surface area contributed by atoms with E-state index in [-0.39, 0.29) is 4.90 Å². The molecule has 0 spiro atoms. The largest absolute Gasteiger partial charge is 0.295 e. The Hall–Kier alpha value is -3.21. The standard InChI is InChI=1S/C28H26O3S/c1-18-15-19(2)25(20(3)16-18)26-21(4)17-24(22-11-7-5-8-12-22)28(32(29,30)31)27(26)23-13-9-6-10-14-23/h5-17H,1-4H3,(H,29,30,31). The molecule has 0 unspecified atom stereocenters. The molecule has 0 aliphatic rings. The molecule has 3 nitrogen and oxygen atoms in total. The van der Waals surface area contributed by atoms with Gasteiger partial charge in [-0.25, -0.2) is 0 Å². The lowest BCUT2D eigenvalue weighted by atomic mass is 9.83. The number of rotatable bonds is 4. The molecule has 0 radical (unpaired) electrons. The summed E-state index contributed by atoms with van der Waals surface area (Å²) in [5, 5.41) is 0. The minimum absolute atomic E-state index is 0.0603. The van der Waals surface area contributed by atoms with Crippen LogP contribution >= 0.6 is 0 Å². The van der Waals surface area contributed by atoms with E-state index in [1.165, 1.54) is 0 Å². The number of aryl methyl sites for hydroxylation is 4. The van der Waals surface area contributed by atoms with Gasteiger partial charge in [0.25, 0.3) is 10.1 Å². The molecule has 0 saturated heterocycles. The van der Waals surface area contributed by atoms with Crippen LogP contribution in [0.5, 0.6) is 0 Å². The summed E-state index contributed by atoms with van der Waals surface area (Å²) in [7, 11) is -4.54. The van der Waals surface area contributed by atoms with Gasteiger partial charge >= 0.3 is 0 Å². The Morgan fingerprint density at radius 1 is 0.594 bits per heavy atom. The van der Waals surface area contributed by atoms with Gasteiger partial charge in [-0.1, -0.05) is 78.4 Å². The summed E-state index contributed by atoms with van der Waals surface area (Å²) in [6, 6.07) is 24.9. The lowest BCUT2D eigenvalue weighted by Gasteiger charge is -2.23. The first-order chi connectivity index (χ1) is 15.2. The second-order valence-electron chi connectivity index (χ2n) is 8.30. The fraction of sp³-hybridized carbons (Fsp3) is 0.143. The molecule has 0 aliphatic carbocycles. The average Bonchev–Trinajstić information content (AvgIpc) is 2.74. The maximum absolute atomic E-state index is 12.9. The molecule has 32 heavy (non-hydrogen) atoms. The molecule has 4 heteroatoms. The van der Waals surface area contributed by atoms with Crippen molar-refractivity contribution < 1.29 is 13.0 Å². The molecule has 162 valence electrons. The van der Waals surface area contributed by atoms with Crippen LogP contribution in [0, 0.1) is 27.7 Å². The summed E-state index contributed by atoms with van der Waals surface area (Å²) >= 11 is 0. The molecule has 0 aromatic heterocycles. The highest BCUT2D eigenvalue weighted by molar-refractivity contribution is 7.86. The summed E-state index contributed by atoms with van der Waals surface area (Å²) in [6.07, 6.45) is 0. The fourth-order valence-corrected chi connectivity index (χ4v) is 5.61. The summed E-state index contributed by atoms with van der Waals surface area (Å²) in [5.41, 5.74) is 8.57. The number of hydrogen-bond acceptors (Lipinski definition) is 2. The van der Waals surface area contributed by atoms with E-state index in [0.717, 1.165) is 44.5 Å². The zero-order valence-electron chi connectivity index (χ0n) is 18.7. The maximum Gasteiger partial charge on any atom is 0.295 e. The molecule has 0 fully saturated rings. The van der Waals surface area contributed by atoms with Gasteiger partial charge in [-0.05, 0) is 72.7 Å². The van der Waals surface area contributed by atoms with Crippen LogP contribution in [0.15, 0.2) is 83.8 Å². The van der Waals surface area contributed by atoms with Crippen LogP contribution in [0.2, 0.25) is 0 Å². The molecule has 0 atom stereocenters. The van der Waals surface area contributed by atoms with E-state index < -0.39 is 10.1 Å². The van der Waals surface area contributed by atoms with Crippen molar-refractivity contribution in [2.75, 3.05) is 0 Å². The SMILES string of the molecule is Cc1cc(C)c(-c2c(C)cc(-c3ccccc3)c(S(=O)(=O)O)c2-c2ccccc2)c(C)c1. The van der Waals surface area contributed by atoms with Gasteiger partial charge in [-0.3, -0.25) is 4.55 Å². The predicted molar refractivity (Wildman–Crippen MR) is 132 cm³/mol. The van der Waals surface area contributed by atoms with Crippen molar-refractivity contribution in [2.45, 2.75) is 32.6 Å². The van der Waals surface area contributed by atoms with Gasteiger partial charge in [0.15, 0.2) is 0 Å². The smallest absolute Gasteiger partial charge is 0.282 e. The maximum atomic E-state index is 12.9. The van der Waals surface area contributed by atoms with Gasteiger partial charge in [0.05, 0.1) is 0 Å². The quantitative estimate of drug-likeness (QED) is 0.341. The monoisotopic (exact) mass is 442 g/mol. The zero-order chi connectivity index (χ0) is 23.0. The molecule has 4 aromatic carbocycles. The highest BCUT2D eigenvalue weighted by atomic mass is 32.2. The van der Waals surface area contributed by atoms with Gasteiger partial charge < -0.3 is 0 Å². The Labute approximate surface area is 190 Å². The van der Waals surface area contributed by atoms with Crippen LogP contribution in [0.1, 0.15) is 22.3 Å². The van der Waals surface area contributed by atoms with E-state index in [4.69, 9.17) is 0 Å². The molecule has 4 rings (SSSR count). The zero-order valence-corrected chi connectivity index (χ0v) is 19.5. The van der Waals surface area contributed by atoms with Crippen LogP contribution in [0.4, 0.5) is 0 Å². The summed E-state index contributed by atoms with van der Waals surface area (Å²) < 4.78 is 36.3. The van der Waals surface area contributed by atoms with Crippen molar-refractivity contribution >= 4 is 10.1 Å². The third kappa shape index (κ3) is 3.99. The molecule has 0 bridgehead atoms. The lowest BCUT2D eigenvalue weighted by Crippen LogP contribution is -2.07. The van der Waals surface area contributed by atoms with Crippen LogP contribution in [-0.2, 0) is 10.1 Å². The highest BCUT2D eigenvalue weighted by Gasteiger charge is 2.28. The number of benzene rings is 4. The van der Waals surface area contributed by atoms with E-state index in [1.54, 1.807) is 0 Å². The van der Waals surface area contributed by atoms with Gasteiger partial charge in [0.1, 0.15) is 4.90 Å². The van der Waals surface area contributed by atoms with Gasteiger partial charge in [0.2, 0.25) is 0 Å². The van der Waals surface area contributed by atoms with Gasteiger partial charge in [-0.15, -0.1) is 0 Å². The van der Waals surface area contributed by atoms with Crippen molar-refractivity contribution in [1.82, 2.24) is 0 Å². The van der Waals surface area contributed by atoms with E-state index in [2.05, 4.69) is 19.1 Å². The Bertz CT molecular complexity index is 1380. The first kappa shape index (κ1) is 22.0. The van der Waals surface area contributed by atoms with E-state index in [1.807, 2.05) is 87.5 Å². The van der Waals surface area contributed by atoms with Crippen LogP contribution < -0.4 is 0 Å². The third-order valence-electron chi connectivity index (χ3n) is 5.81. The summed E-state index contributed by atoms with van der Waals surface area (Å²) in [5.74, 6) is 0.